The molecule has 20 heavy (non-hydrogen) atoms. The van der Waals surface area contributed by atoms with Crippen LogP contribution in [0.4, 0.5) is 0 Å². The summed E-state index contributed by atoms with van der Waals surface area (Å²) in [5, 5.41) is 3.36. The first-order chi connectivity index (χ1) is 9.45. The fourth-order valence-electron chi connectivity index (χ4n) is 3.15. The average Bonchev–Trinajstić information content (AvgIpc) is 2.90. The number of carbonyl (C=O) groups excluding carboxylic acids is 1. The number of hydrogen-bond donors (Lipinski definition) is 1. The molecule has 0 aromatic heterocycles. The maximum Gasteiger partial charge on any atom is 0.144 e. The topological polar surface area (TPSA) is 29.1 Å². The quantitative estimate of drug-likeness (QED) is 0.889. The van der Waals surface area contributed by atoms with Gasteiger partial charge in [-0.3, -0.25) is 4.79 Å². The van der Waals surface area contributed by atoms with E-state index in [1.807, 2.05) is 0 Å². The second-order valence-electron chi connectivity index (χ2n) is 6.73. The van der Waals surface area contributed by atoms with Crippen LogP contribution in [0.1, 0.15) is 51.2 Å². The summed E-state index contributed by atoms with van der Waals surface area (Å²) in [6.07, 6.45) is 1.55. The Kier molecular flexibility index (Phi) is 4.64. The molecule has 0 spiro atoms. The van der Waals surface area contributed by atoms with E-state index in [1.165, 1.54) is 5.56 Å². The van der Waals surface area contributed by atoms with Crippen molar-refractivity contribution in [2.45, 2.75) is 46.5 Å². The largest absolute Gasteiger partial charge is 0.316 e. The van der Waals surface area contributed by atoms with Gasteiger partial charge in [0.15, 0.2) is 0 Å². The van der Waals surface area contributed by atoms with Gasteiger partial charge in [-0.25, -0.2) is 0 Å². The highest BCUT2D eigenvalue weighted by atomic mass is 16.1. The number of rotatable bonds is 5. The second kappa shape index (κ2) is 6.09. The van der Waals surface area contributed by atoms with Crippen LogP contribution in [0.25, 0.3) is 0 Å². The Hall–Kier alpha value is -1.15. The minimum absolute atomic E-state index is 0.156. The molecule has 1 atom stereocenters. The Balaban J connectivity index is 2.10. The third kappa shape index (κ3) is 2.95. The smallest absolute Gasteiger partial charge is 0.144 e. The van der Waals surface area contributed by atoms with E-state index in [-0.39, 0.29) is 5.41 Å². The predicted molar refractivity (Wildman–Crippen MR) is 84.0 cm³/mol. The highest BCUT2D eigenvalue weighted by molar-refractivity contribution is 5.87. The molecule has 0 amide bonds. The van der Waals surface area contributed by atoms with E-state index in [9.17, 15) is 4.79 Å². The van der Waals surface area contributed by atoms with Gasteiger partial charge < -0.3 is 5.32 Å². The molecule has 110 valence electrons. The molecule has 1 N–H and O–H groups in total. The zero-order valence-electron chi connectivity index (χ0n) is 13.2. The maximum absolute atomic E-state index is 12.8. The molecule has 1 aliphatic rings. The number of carbonyl (C=O) groups is 1. The molecule has 1 unspecified atom stereocenters. The van der Waals surface area contributed by atoms with Gasteiger partial charge in [-0.15, -0.1) is 0 Å². The molecule has 1 fully saturated rings. The first-order valence-corrected chi connectivity index (χ1v) is 7.78. The molecule has 2 heteroatoms. The first kappa shape index (κ1) is 15.2. The molecule has 2 rings (SSSR count). The van der Waals surface area contributed by atoms with Crippen molar-refractivity contribution in [2.24, 2.45) is 11.3 Å². The highest BCUT2D eigenvalue weighted by Crippen LogP contribution is 2.36. The molecule has 0 bridgehead atoms. The lowest BCUT2D eigenvalue weighted by molar-refractivity contribution is -0.129. The zero-order valence-corrected chi connectivity index (χ0v) is 13.2. The van der Waals surface area contributed by atoms with Gasteiger partial charge in [0, 0.05) is 18.4 Å². The zero-order chi connectivity index (χ0) is 14.8. The van der Waals surface area contributed by atoms with Crippen molar-refractivity contribution in [2.75, 3.05) is 13.1 Å². The SMILES string of the molecule is CC(C)c1ccc(CC(=O)C2(C(C)C)CCNC2)cc1. The molecule has 1 aromatic rings. The molecule has 0 radical (unpaired) electrons. The summed E-state index contributed by atoms with van der Waals surface area (Å²) in [5.41, 5.74) is 2.32. The Bertz CT molecular complexity index is 453. The lowest BCUT2D eigenvalue weighted by Crippen LogP contribution is -2.39. The van der Waals surface area contributed by atoms with Gasteiger partial charge in [-0.05, 0) is 35.9 Å². The molecular formula is C18H27NO. The minimum Gasteiger partial charge on any atom is -0.316 e. The average molecular weight is 273 g/mol. The van der Waals surface area contributed by atoms with E-state index in [0.717, 1.165) is 25.1 Å². The van der Waals surface area contributed by atoms with Gasteiger partial charge in [-0.2, -0.15) is 0 Å². The van der Waals surface area contributed by atoms with Crippen molar-refractivity contribution >= 4 is 5.78 Å². The third-order valence-corrected chi connectivity index (χ3v) is 4.86. The standard InChI is InChI=1S/C18H27NO/c1-13(2)16-7-5-15(6-8-16)11-17(20)18(14(3)4)9-10-19-12-18/h5-8,13-14,19H,9-12H2,1-4H3. The molecule has 2 nitrogen and oxygen atoms in total. The van der Waals surface area contributed by atoms with E-state index in [0.29, 0.717) is 24.0 Å². The Morgan fingerprint density at radius 2 is 1.85 bits per heavy atom. The third-order valence-electron chi connectivity index (χ3n) is 4.86. The van der Waals surface area contributed by atoms with E-state index in [4.69, 9.17) is 0 Å². The lowest BCUT2D eigenvalue weighted by atomic mass is 9.71. The maximum atomic E-state index is 12.8. The van der Waals surface area contributed by atoms with Crippen LogP contribution in [0.15, 0.2) is 24.3 Å². The van der Waals surface area contributed by atoms with Crippen molar-refractivity contribution in [3.8, 4) is 0 Å². The lowest BCUT2D eigenvalue weighted by Gasteiger charge is -2.31. The van der Waals surface area contributed by atoms with Crippen LogP contribution in [0.2, 0.25) is 0 Å². The first-order valence-electron chi connectivity index (χ1n) is 7.78. The van der Waals surface area contributed by atoms with Crippen molar-refractivity contribution in [1.29, 1.82) is 0 Å². The van der Waals surface area contributed by atoms with Gasteiger partial charge in [0.2, 0.25) is 0 Å². The predicted octanol–water partition coefficient (Wildman–Crippen LogP) is 3.56. The van der Waals surface area contributed by atoms with Gasteiger partial charge >= 0.3 is 0 Å². The van der Waals surface area contributed by atoms with Crippen LogP contribution in [-0.4, -0.2) is 18.9 Å². The summed E-state index contributed by atoms with van der Waals surface area (Å²) in [4.78, 5) is 12.8. The van der Waals surface area contributed by atoms with Crippen LogP contribution in [0.3, 0.4) is 0 Å². The van der Waals surface area contributed by atoms with E-state index in [1.54, 1.807) is 0 Å². The number of ketones is 1. The van der Waals surface area contributed by atoms with Crippen LogP contribution in [-0.2, 0) is 11.2 Å². The summed E-state index contributed by atoms with van der Waals surface area (Å²) in [7, 11) is 0. The van der Waals surface area contributed by atoms with E-state index in [2.05, 4.69) is 57.3 Å². The fraction of sp³-hybridized carbons (Fsp3) is 0.611. The number of hydrogen-bond acceptors (Lipinski definition) is 2. The van der Waals surface area contributed by atoms with Crippen LogP contribution in [0, 0.1) is 11.3 Å². The Morgan fingerprint density at radius 1 is 1.20 bits per heavy atom. The molecule has 1 aromatic carbocycles. The molecule has 0 saturated carbocycles. The summed E-state index contributed by atoms with van der Waals surface area (Å²) >= 11 is 0. The van der Waals surface area contributed by atoms with Gasteiger partial charge in [-0.1, -0.05) is 52.0 Å². The van der Waals surface area contributed by atoms with Gasteiger partial charge in [0.25, 0.3) is 0 Å². The van der Waals surface area contributed by atoms with Crippen molar-refractivity contribution < 1.29 is 4.79 Å². The normalized spacial score (nSPS) is 22.7. The number of nitrogens with one attached hydrogen (secondary N) is 1. The van der Waals surface area contributed by atoms with Crippen LogP contribution in [0.5, 0.6) is 0 Å². The molecule has 1 heterocycles. The number of Topliss-reactive ketones (excluding diaryl/α,β-unsaturated/α-hetero) is 1. The number of benzene rings is 1. The second-order valence-corrected chi connectivity index (χ2v) is 6.73. The van der Waals surface area contributed by atoms with Crippen LogP contribution < -0.4 is 5.32 Å². The molecule has 1 aliphatic heterocycles. The van der Waals surface area contributed by atoms with Crippen LogP contribution >= 0.6 is 0 Å². The van der Waals surface area contributed by atoms with Crippen molar-refractivity contribution in [1.82, 2.24) is 5.32 Å². The van der Waals surface area contributed by atoms with E-state index >= 15 is 0 Å². The summed E-state index contributed by atoms with van der Waals surface area (Å²) < 4.78 is 0. The summed E-state index contributed by atoms with van der Waals surface area (Å²) in [6, 6.07) is 8.54. The van der Waals surface area contributed by atoms with Gasteiger partial charge in [0.05, 0.1) is 0 Å². The molecule has 1 saturated heterocycles. The van der Waals surface area contributed by atoms with Crippen molar-refractivity contribution in [3.05, 3.63) is 35.4 Å². The Morgan fingerprint density at radius 3 is 2.30 bits per heavy atom. The Labute approximate surface area is 123 Å². The van der Waals surface area contributed by atoms with E-state index < -0.39 is 0 Å². The monoisotopic (exact) mass is 273 g/mol. The molecule has 0 aliphatic carbocycles. The van der Waals surface area contributed by atoms with Gasteiger partial charge in [0.1, 0.15) is 5.78 Å². The van der Waals surface area contributed by atoms with Crippen molar-refractivity contribution in [3.63, 3.8) is 0 Å². The summed E-state index contributed by atoms with van der Waals surface area (Å²) in [6.45, 7) is 10.5. The minimum atomic E-state index is -0.156. The summed E-state index contributed by atoms with van der Waals surface area (Å²) in [5.74, 6) is 1.34. The fourth-order valence-corrected chi connectivity index (χ4v) is 3.15. The molecular weight excluding hydrogens is 246 g/mol. The highest BCUT2D eigenvalue weighted by Gasteiger charge is 2.42.